The standard InChI is InChI=1S/C14H14O4.C6H8O3/c1-11(6-5-9-13(15)16)14(17)18-10-12-7-3-2-4-8-12;1-2-6(7)9-4-5-3-8-5/h2-5,7-9H,1,6,10H2,(H,15,16);2,5H,1,3-4H2. The summed E-state index contributed by atoms with van der Waals surface area (Å²) < 4.78 is 14.5. The highest BCUT2D eigenvalue weighted by Gasteiger charge is 2.23. The molecule has 1 aromatic carbocycles. The average molecular weight is 374 g/mol. The van der Waals surface area contributed by atoms with Crippen LogP contribution in [0.1, 0.15) is 12.0 Å². The number of carbonyl (C=O) groups is 3. The topological polar surface area (TPSA) is 102 Å². The van der Waals surface area contributed by atoms with Crippen molar-refractivity contribution in [2.45, 2.75) is 19.1 Å². The molecule has 1 aliphatic rings. The largest absolute Gasteiger partial charge is 0.478 e. The second-order valence-electron chi connectivity index (χ2n) is 5.40. The van der Waals surface area contributed by atoms with Gasteiger partial charge in [0.05, 0.1) is 6.61 Å². The molecule has 0 bridgehead atoms. The quantitative estimate of drug-likeness (QED) is 0.402. The van der Waals surface area contributed by atoms with Crippen molar-refractivity contribution in [2.24, 2.45) is 0 Å². The monoisotopic (exact) mass is 374 g/mol. The number of benzene rings is 1. The van der Waals surface area contributed by atoms with E-state index in [-0.39, 0.29) is 30.7 Å². The summed E-state index contributed by atoms with van der Waals surface area (Å²) in [5.74, 6) is -1.96. The molecule has 0 spiro atoms. The van der Waals surface area contributed by atoms with Gasteiger partial charge < -0.3 is 19.3 Å². The molecule has 0 saturated carbocycles. The third-order valence-corrected chi connectivity index (χ3v) is 3.11. The molecule has 0 amide bonds. The third-order valence-electron chi connectivity index (χ3n) is 3.11. The highest BCUT2D eigenvalue weighted by atomic mass is 16.6. The molecule has 0 radical (unpaired) electrons. The summed E-state index contributed by atoms with van der Waals surface area (Å²) >= 11 is 0. The molecule has 1 heterocycles. The van der Waals surface area contributed by atoms with Gasteiger partial charge in [0.25, 0.3) is 0 Å². The van der Waals surface area contributed by atoms with Gasteiger partial charge >= 0.3 is 17.9 Å². The Labute approximate surface area is 157 Å². The Morgan fingerprint density at radius 1 is 1.22 bits per heavy atom. The molecule has 1 unspecified atom stereocenters. The van der Waals surface area contributed by atoms with Gasteiger partial charge in [-0.05, 0) is 12.0 Å². The number of carboxylic acids is 1. The van der Waals surface area contributed by atoms with Crippen molar-refractivity contribution in [3.8, 4) is 0 Å². The Hall–Kier alpha value is -3.19. The zero-order valence-electron chi connectivity index (χ0n) is 14.8. The Bertz CT molecular complexity index is 688. The van der Waals surface area contributed by atoms with E-state index in [0.717, 1.165) is 17.7 Å². The zero-order valence-corrected chi connectivity index (χ0v) is 14.8. The van der Waals surface area contributed by atoms with Gasteiger partial charge in [-0.1, -0.05) is 49.6 Å². The van der Waals surface area contributed by atoms with Crippen molar-refractivity contribution >= 4 is 17.9 Å². The highest BCUT2D eigenvalue weighted by molar-refractivity contribution is 5.88. The molecule has 7 heteroatoms. The minimum absolute atomic E-state index is 0.147. The van der Waals surface area contributed by atoms with Gasteiger partial charge in [0.1, 0.15) is 19.3 Å². The first-order valence-corrected chi connectivity index (χ1v) is 8.11. The van der Waals surface area contributed by atoms with Crippen LogP contribution in [0.4, 0.5) is 0 Å². The van der Waals surface area contributed by atoms with Gasteiger partial charge in [0.2, 0.25) is 0 Å². The SMILES string of the molecule is C=C(CC=CC(=O)O)C(=O)OCc1ccccc1.C=CC(=O)OCC1CO1. The molecule has 2 rings (SSSR count). The second kappa shape index (κ2) is 12.2. The van der Waals surface area contributed by atoms with Crippen molar-refractivity contribution in [1.82, 2.24) is 0 Å². The maximum absolute atomic E-state index is 11.5. The van der Waals surface area contributed by atoms with Crippen LogP contribution >= 0.6 is 0 Å². The normalized spacial score (nSPS) is 14.4. The predicted octanol–water partition coefficient (Wildman–Crippen LogP) is 2.43. The van der Waals surface area contributed by atoms with E-state index < -0.39 is 11.9 Å². The molecule has 1 N–H and O–H groups in total. The van der Waals surface area contributed by atoms with Crippen LogP contribution in [0.15, 0.2) is 67.3 Å². The summed E-state index contributed by atoms with van der Waals surface area (Å²) in [7, 11) is 0. The summed E-state index contributed by atoms with van der Waals surface area (Å²) in [6.07, 6.45) is 3.78. The number of ether oxygens (including phenoxy) is 3. The molecule has 1 saturated heterocycles. The van der Waals surface area contributed by atoms with Crippen molar-refractivity contribution in [3.63, 3.8) is 0 Å². The Morgan fingerprint density at radius 2 is 1.89 bits per heavy atom. The van der Waals surface area contributed by atoms with E-state index in [0.29, 0.717) is 13.2 Å². The number of carboxylic acid groups (broad SMARTS) is 1. The summed E-state index contributed by atoms with van der Waals surface area (Å²) in [4.78, 5) is 32.1. The van der Waals surface area contributed by atoms with Crippen LogP contribution in [0.3, 0.4) is 0 Å². The number of aliphatic carboxylic acids is 1. The first kappa shape index (κ1) is 21.9. The van der Waals surface area contributed by atoms with E-state index in [1.165, 1.54) is 6.08 Å². The maximum Gasteiger partial charge on any atom is 0.334 e. The smallest absolute Gasteiger partial charge is 0.334 e. The molecule has 144 valence electrons. The number of hydrogen-bond acceptors (Lipinski definition) is 6. The summed E-state index contributed by atoms with van der Waals surface area (Å²) in [6.45, 7) is 8.05. The molecule has 1 atom stereocenters. The molecule has 0 aliphatic carbocycles. The first-order valence-electron chi connectivity index (χ1n) is 8.11. The fraction of sp³-hybridized carbons (Fsp3) is 0.250. The highest BCUT2D eigenvalue weighted by Crippen LogP contribution is 2.08. The fourth-order valence-electron chi connectivity index (χ4n) is 1.61. The van der Waals surface area contributed by atoms with Crippen molar-refractivity contribution in [3.05, 3.63) is 72.9 Å². The average Bonchev–Trinajstić information content (AvgIpc) is 3.49. The van der Waals surface area contributed by atoms with Crippen LogP contribution in [0.2, 0.25) is 0 Å². The number of allylic oxidation sites excluding steroid dienone is 1. The first-order chi connectivity index (χ1) is 12.9. The van der Waals surface area contributed by atoms with Crippen LogP contribution in [0.25, 0.3) is 0 Å². The van der Waals surface area contributed by atoms with Crippen molar-refractivity contribution in [1.29, 1.82) is 0 Å². The van der Waals surface area contributed by atoms with Gasteiger partial charge in [-0.3, -0.25) is 0 Å². The lowest BCUT2D eigenvalue weighted by Crippen LogP contribution is -2.06. The maximum atomic E-state index is 11.5. The van der Waals surface area contributed by atoms with Crippen LogP contribution in [0.5, 0.6) is 0 Å². The van der Waals surface area contributed by atoms with Gasteiger partial charge in [-0.15, -0.1) is 0 Å². The Morgan fingerprint density at radius 3 is 2.44 bits per heavy atom. The van der Waals surface area contributed by atoms with Crippen LogP contribution in [-0.4, -0.2) is 42.3 Å². The number of rotatable bonds is 9. The number of esters is 2. The Balaban J connectivity index is 0.000000337. The van der Waals surface area contributed by atoms with Crippen LogP contribution in [0, 0.1) is 0 Å². The van der Waals surface area contributed by atoms with E-state index in [1.807, 2.05) is 30.3 Å². The zero-order chi connectivity index (χ0) is 20.1. The minimum atomic E-state index is -1.06. The molecule has 1 aliphatic heterocycles. The lowest BCUT2D eigenvalue weighted by Gasteiger charge is -2.05. The van der Waals surface area contributed by atoms with Crippen LogP contribution in [-0.2, 0) is 35.2 Å². The van der Waals surface area contributed by atoms with E-state index in [1.54, 1.807) is 0 Å². The summed E-state index contributed by atoms with van der Waals surface area (Å²) in [5, 5.41) is 8.38. The van der Waals surface area contributed by atoms with Gasteiger partial charge in [0.15, 0.2) is 0 Å². The van der Waals surface area contributed by atoms with Gasteiger partial charge in [0, 0.05) is 17.7 Å². The molecule has 7 nitrogen and oxygen atoms in total. The van der Waals surface area contributed by atoms with Crippen LogP contribution < -0.4 is 0 Å². The van der Waals surface area contributed by atoms with E-state index >= 15 is 0 Å². The van der Waals surface area contributed by atoms with E-state index in [9.17, 15) is 14.4 Å². The number of epoxide rings is 1. The predicted molar refractivity (Wildman–Crippen MR) is 97.7 cm³/mol. The molecular formula is C20H22O7. The minimum Gasteiger partial charge on any atom is -0.478 e. The molecule has 0 aromatic heterocycles. The van der Waals surface area contributed by atoms with E-state index in [4.69, 9.17) is 14.6 Å². The number of hydrogen-bond donors (Lipinski definition) is 1. The second-order valence-corrected chi connectivity index (χ2v) is 5.40. The molecule has 1 aromatic rings. The lowest BCUT2D eigenvalue weighted by atomic mass is 10.2. The summed E-state index contributed by atoms with van der Waals surface area (Å²) in [5.41, 5.74) is 1.11. The fourth-order valence-corrected chi connectivity index (χ4v) is 1.61. The van der Waals surface area contributed by atoms with Gasteiger partial charge in [-0.2, -0.15) is 0 Å². The Kier molecular flexibility index (Phi) is 9.88. The molecule has 1 fully saturated rings. The summed E-state index contributed by atoms with van der Waals surface area (Å²) in [6, 6.07) is 9.28. The molecular weight excluding hydrogens is 352 g/mol. The van der Waals surface area contributed by atoms with Crippen molar-refractivity contribution in [2.75, 3.05) is 13.2 Å². The lowest BCUT2D eigenvalue weighted by molar-refractivity contribution is -0.140. The van der Waals surface area contributed by atoms with Gasteiger partial charge in [-0.25, -0.2) is 14.4 Å². The number of carbonyl (C=O) groups excluding carboxylic acids is 2. The third kappa shape index (κ3) is 11.1. The van der Waals surface area contributed by atoms with Crippen molar-refractivity contribution < 1.29 is 33.7 Å². The van der Waals surface area contributed by atoms with E-state index in [2.05, 4.69) is 17.9 Å². The molecule has 27 heavy (non-hydrogen) atoms.